The number of Topliss-reactive ketones (excluding diaryl/α,β-unsaturated/α-hetero) is 1. The van der Waals surface area contributed by atoms with Gasteiger partial charge in [-0.25, -0.2) is 0 Å². The molecule has 0 amide bonds. The van der Waals surface area contributed by atoms with Gasteiger partial charge in [-0.3, -0.25) is 4.79 Å². The zero-order valence-electron chi connectivity index (χ0n) is 9.51. The molecule has 0 heterocycles. The van der Waals surface area contributed by atoms with Gasteiger partial charge in [0, 0.05) is 23.6 Å². The number of ketones is 1. The maximum Gasteiger partial charge on any atom is 0.168 e. The first-order chi connectivity index (χ1) is 7.36. The molecule has 0 unspecified atom stereocenters. The summed E-state index contributed by atoms with van der Waals surface area (Å²) in [5.41, 5.74) is -0.0237. The monoisotopic (exact) mass is 260 g/mol. The fraction of sp³-hybridized carbons (Fsp3) is 0.417. The molecule has 0 aliphatic carbocycles. The summed E-state index contributed by atoms with van der Waals surface area (Å²) in [4.78, 5) is 11.9. The number of halogens is 2. The lowest BCUT2D eigenvalue weighted by molar-refractivity contribution is -0.136. The second kappa shape index (κ2) is 5.17. The molecule has 0 aliphatic rings. The number of methoxy groups -OCH3 is 1. The minimum Gasteiger partial charge on any atom is -0.371 e. The third kappa shape index (κ3) is 3.21. The van der Waals surface area contributed by atoms with E-state index >= 15 is 0 Å². The molecule has 1 aromatic carbocycles. The van der Waals surface area contributed by atoms with Gasteiger partial charge in [-0.1, -0.05) is 29.3 Å². The lowest BCUT2D eigenvalue weighted by Gasteiger charge is -2.21. The Balaban J connectivity index is 2.85. The smallest absolute Gasteiger partial charge is 0.168 e. The lowest BCUT2D eigenvalue weighted by atomic mass is 9.97. The van der Waals surface area contributed by atoms with Gasteiger partial charge in [0.05, 0.1) is 0 Å². The van der Waals surface area contributed by atoms with Gasteiger partial charge >= 0.3 is 0 Å². The number of ether oxygens (including phenoxy) is 1. The van der Waals surface area contributed by atoms with Crippen LogP contribution in [0.3, 0.4) is 0 Å². The fourth-order valence-electron chi connectivity index (χ4n) is 1.16. The van der Waals surface area contributed by atoms with E-state index in [-0.39, 0.29) is 12.2 Å². The number of carbonyl (C=O) groups excluding carboxylic acids is 1. The topological polar surface area (TPSA) is 26.3 Å². The Morgan fingerprint density at radius 1 is 1.38 bits per heavy atom. The number of rotatable bonds is 4. The average molecular weight is 261 g/mol. The molecule has 16 heavy (non-hydrogen) atoms. The Kier molecular flexibility index (Phi) is 4.36. The predicted octanol–water partition coefficient (Wildman–Crippen LogP) is 3.53. The summed E-state index contributed by atoms with van der Waals surface area (Å²) in [6.07, 6.45) is 0.247. The van der Waals surface area contributed by atoms with E-state index in [1.165, 1.54) is 7.11 Å². The fourth-order valence-corrected chi connectivity index (χ4v) is 1.64. The van der Waals surface area contributed by atoms with Crippen LogP contribution in [0.4, 0.5) is 0 Å². The van der Waals surface area contributed by atoms with E-state index in [9.17, 15) is 4.79 Å². The van der Waals surface area contributed by atoms with Crippen molar-refractivity contribution in [3.63, 3.8) is 0 Å². The molecular weight excluding hydrogens is 247 g/mol. The SMILES string of the molecule is COC(C)(C)C(=O)Cc1ccc(Cl)cc1Cl. The summed E-state index contributed by atoms with van der Waals surface area (Å²) in [5.74, 6) is -0.0146. The average Bonchev–Trinajstić information content (AvgIpc) is 2.22. The molecule has 2 nitrogen and oxygen atoms in total. The molecule has 0 aromatic heterocycles. The Labute approximate surface area is 106 Å². The van der Waals surface area contributed by atoms with E-state index in [0.29, 0.717) is 10.0 Å². The van der Waals surface area contributed by atoms with E-state index in [4.69, 9.17) is 27.9 Å². The Morgan fingerprint density at radius 2 is 2.00 bits per heavy atom. The minimum absolute atomic E-state index is 0.0146. The van der Waals surface area contributed by atoms with Crippen molar-refractivity contribution in [1.29, 1.82) is 0 Å². The van der Waals surface area contributed by atoms with E-state index in [2.05, 4.69) is 0 Å². The number of carbonyl (C=O) groups is 1. The maximum absolute atomic E-state index is 11.9. The van der Waals surface area contributed by atoms with Crippen molar-refractivity contribution in [2.75, 3.05) is 7.11 Å². The van der Waals surface area contributed by atoms with Gasteiger partial charge in [0.2, 0.25) is 0 Å². The van der Waals surface area contributed by atoms with Crippen LogP contribution in [0.1, 0.15) is 19.4 Å². The maximum atomic E-state index is 11.9. The molecule has 0 N–H and O–H groups in total. The lowest BCUT2D eigenvalue weighted by Crippen LogP contribution is -2.35. The van der Waals surface area contributed by atoms with Gasteiger partial charge in [0.1, 0.15) is 5.60 Å². The normalized spacial score (nSPS) is 11.6. The molecule has 4 heteroatoms. The van der Waals surface area contributed by atoms with Gasteiger partial charge in [-0.15, -0.1) is 0 Å². The van der Waals surface area contributed by atoms with Crippen LogP contribution in [-0.2, 0) is 16.0 Å². The highest BCUT2D eigenvalue weighted by Crippen LogP contribution is 2.23. The zero-order valence-corrected chi connectivity index (χ0v) is 11.0. The molecule has 0 spiro atoms. The molecular formula is C12H14Cl2O2. The van der Waals surface area contributed by atoms with Crippen LogP contribution in [0.15, 0.2) is 18.2 Å². The highest BCUT2D eigenvalue weighted by Gasteiger charge is 2.27. The molecule has 0 saturated heterocycles. The predicted molar refractivity (Wildman–Crippen MR) is 66.3 cm³/mol. The molecule has 0 radical (unpaired) electrons. The summed E-state index contributed by atoms with van der Waals surface area (Å²) in [7, 11) is 1.52. The summed E-state index contributed by atoms with van der Waals surface area (Å²) in [6.45, 7) is 3.47. The summed E-state index contributed by atoms with van der Waals surface area (Å²) in [5, 5.41) is 1.07. The standard InChI is InChI=1S/C12H14Cl2O2/c1-12(2,16-3)11(15)6-8-4-5-9(13)7-10(8)14/h4-5,7H,6H2,1-3H3. The van der Waals surface area contributed by atoms with Crippen molar-refractivity contribution in [3.05, 3.63) is 33.8 Å². The van der Waals surface area contributed by atoms with E-state index in [0.717, 1.165) is 5.56 Å². The first-order valence-electron chi connectivity index (χ1n) is 4.89. The molecule has 0 saturated carbocycles. The van der Waals surface area contributed by atoms with Crippen LogP contribution >= 0.6 is 23.2 Å². The van der Waals surface area contributed by atoms with Crippen LogP contribution in [0.2, 0.25) is 10.0 Å². The van der Waals surface area contributed by atoms with E-state index in [1.807, 2.05) is 0 Å². The van der Waals surface area contributed by atoms with Crippen LogP contribution in [0.5, 0.6) is 0 Å². The zero-order chi connectivity index (χ0) is 12.3. The molecule has 0 fully saturated rings. The quantitative estimate of drug-likeness (QED) is 0.828. The van der Waals surface area contributed by atoms with Crippen molar-refractivity contribution in [2.24, 2.45) is 0 Å². The Bertz CT molecular complexity index is 400. The van der Waals surface area contributed by atoms with Gasteiger partial charge < -0.3 is 4.74 Å². The van der Waals surface area contributed by atoms with Crippen molar-refractivity contribution >= 4 is 29.0 Å². The highest BCUT2D eigenvalue weighted by atomic mass is 35.5. The third-order valence-electron chi connectivity index (χ3n) is 2.55. The van der Waals surface area contributed by atoms with Gasteiger partial charge in [0.25, 0.3) is 0 Å². The summed E-state index contributed by atoms with van der Waals surface area (Å²) in [6, 6.07) is 5.11. The van der Waals surface area contributed by atoms with Crippen molar-refractivity contribution in [1.82, 2.24) is 0 Å². The molecule has 0 atom stereocenters. The van der Waals surface area contributed by atoms with Gasteiger partial charge in [0.15, 0.2) is 5.78 Å². The first kappa shape index (κ1) is 13.5. The van der Waals surface area contributed by atoms with E-state index < -0.39 is 5.60 Å². The Hall–Kier alpha value is -0.570. The molecule has 1 aromatic rings. The molecule has 1 rings (SSSR count). The minimum atomic E-state index is -0.789. The third-order valence-corrected chi connectivity index (χ3v) is 3.13. The first-order valence-corrected chi connectivity index (χ1v) is 5.65. The van der Waals surface area contributed by atoms with Crippen molar-refractivity contribution < 1.29 is 9.53 Å². The molecule has 0 bridgehead atoms. The van der Waals surface area contributed by atoms with Crippen LogP contribution in [0, 0.1) is 0 Å². The summed E-state index contributed by atoms with van der Waals surface area (Å²) >= 11 is 11.8. The Morgan fingerprint density at radius 3 is 2.50 bits per heavy atom. The number of hydrogen-bond donors (Lipinski definition) is 0. The second-order valence-corrected chi connectivity index (χ2v) is 4.89. The molecule has 0 aliphatic heterocycles. The second-order valence-electron chi connectivity index (χ2n) is 4.05. The number of hydrogen-bond acceptors (Lipinski definition) is 2. The van der Waals surface area contributed by atoms with Crippen LogP contribution < -0.4 is 0 Å². The van der Waals surface area contributed by atoms with Crippen molar-refractivity contribution in [3.8, 4) is 0 Å². The summed E-state index contributed by atoms with van der Waals surface area (Å²) < 4.78 is 5.12. The number of benzene rings is 1. The van der Waals surface area contributed by atoms with Crippen LogP contribution in [0.25, 0.3) is 0 Å². The van der Waals surface area contributed by atoms with Crippen molar-refractivity contribution in [2.45, 2.75) is 25.9 Å². The van der Waals surface area contributed by atoms with Gasteiger partial charge in [-0.2, -0.15) is 0 Å². The van der Waals surface area contributed by atoms with E-state index in [1.54, 1.807) is 32.0 Å². The van der Waals surface area contributed by atoms with Crippen LogP contribution in [-0.4, -0.2) is 18.5 Å². The highest BCUT2D eigenvalue weighted by molar-refractivity contribution is 6.35. The molecule has 88 valence electrons. The van der Waals surface area contributed by atoms with Gasteiger partial charge in [-0.05, 0) is 31.5 Å². The largest absolute Gasteiger partial charge is 0.371 e.